The van der Waals surface area contributed by atoms with E-state index in [1.54, 1.807) is 0 Å². The number of carbonyl (C=O) groups excluding carboxylic acids is 1. The second-order valence-corrected chi connectivity index (χ2v) is 7.19. The summed E-state index contributed by atoms with van der Waals surface area (Å²) in [6.45, 7) is 4.45. The maximum absolute atomic E-state index is 12.9. The van der Waals surface area contributed by atoms with Gasteiger partial charge in [-0.3, -0.25) is 9.48 Å². The van der Waals surface area contributed by atoms with Crippen LogP contribution in [0, 0.1) is 6.92 Å². The summed E-state index contributed by atoms with van der Waals surface area (Å²) >= 11 is 0. The van der Waals surface area contributed by atoms with Crippen molar-refractivity contribution in [2.75, 3.05) is 13.2 Å². The first kappa shape index (κ1) is 16.2. The standard InChI is InChI=1S/C20H25N3O2/c1-15-12-21-22(13-15)14-18-4-2-3-8-23(18)20(24)11-16-5-6-19-17(10-16)7-9-25-19/h5-6,10,12-13,18H,2-4,7-9,11,14H2,1H3. The highest BCUT2D eigenvalue weighted by molar-refractivity contribution is 5.79. The molecule has 1 fully saturated rings. The minimum atomic E-state index is 0.229. The summed E-state index contributed by atoms with van der Waals surface area (Å²) in [5.41, 5.74) is 3.48. The van der Waals surface area contributed by atoms with Gasteiger partial charge in [0, 0.05) is 19.2 Å². The van der Waals surface area contributed by atoms with Gasteiger partial charge in [-0.2, -0.15) is 5.10 Å². The number of benzene rings is 1. The average molecular weight is 339 g/mol. The van der Waals surface area contributed by atoms with Crippen molar-refractivity contribution in [1.29, 1.82) is 0 Å². The number of piperidine rings is 1. The van der Waals surface area contributed by atoms with E-state index in [9.17, 15) is 4.79 Å². The van der Waals surface area contributed by atoms with Gasteiger partial charge in [0.2, 0.25) is 5.91 Å². The monoisotopic (exact) mass is 339 g/mol. The summed E-state index contributed by atoms with van der Waals surface area (Å²) in [6.07, 6.45) is 8.69. The molecule has 1 unspecified atom stereocenters. The Morgan fingerprint density at radius 1 is 1.36 bits per heavy atom. The number of fused-ring (bicyclic) bond motifs is 1. The van der Waals surface area contributed by atoms with Gasteiger partial charge in [0.1, 0.15) is 5.75 Å². The molecule has 2 aliphatic rings. The predicted molar refractivity (Wildman–Crippen MR) is 95.7 cm³/mol. The number of rotatable bonds is 4. The Morgan fingerprint density at radius 2 is 2.28 bits per heavy atom. The van der Waals surface area contributed by atoms with E-state index in [0.29, 0.717) is 6.42 Å². The summed E-state index contributed by atoms with van der Waals surface area (Å²) in [7, 11) is 0. The number of hydrogen-bond donors (Lipinski definition) is 0. The van der Waals surface area contributed by atoms with Gasteiger partial charge >= 0.3 is 0 Å². The van der Waals surface area contributed by atoms with Gasteiger partial charge in [-0.05, 0) is 48.9 Å². The van der Waals surface area contributed by atoms with Crippen molar-refractivity contribution in [3.8, 4) is 5.75 Å². The third-order valence-electron chi connectivity index (χ3n) is 5.22. The first-order valence-electron chi connectivity index (χ1n) is 9.22. The van der Waals surface area contributed by atoms with Crippen LogP contribution in [0.1, 0.15) is 36.0 Å². The molecule has 132 valence electrons. The molecule has 1 aromatic carbocycles. The van der Waals surface area contributed by atoms with Crippen LogP contribution in [0.25, 0.3) is 0 Å². The van der Waals surface area contributed by atoms with Crippen molar-refractivity contribution < 1.29 is 9.53 Å². The molecular formula is C20H25N3O2. The number of likely N-dealkylation sites (tertiary alicyclic amines) is 1. The van der Waals surface area contributed by atoms with Gasteiger partial charge in [-0.15, -0.1) is 0 Å². The zero-order valence-corrected chi connectivity index (χ0v) is 14.8. The molecule has 25 heavy (non-hydrogen) atoms. The van der Waals surface area contributed by atoms with Gasteiger partial charge in [0.15, 0.2) is 0 Å². The van der Waals surface area contributed by atoms with Crippen LogP contribution in [0.5, 0.6) is 5.75 Å². The molecule has 0 radical (unpaired) electrons. The molecule has 1 amide bonds. The van der Waals surface area contributed by atoms with E-state index in [0.717, 1.165) is 55.8 Å². The molecule has 0 saturated carbocycles. The van der Waals surface area contributed by atoms with E-state index in [2.05, 4.69) is 22.3 Å². The van der Waals surface area contributed by atoms with Crippen LogP contribution in [0.15, 0.2) is 30.6 Å². The molecule has 5 nitrogen and oxygen atoms in total. The fourth-order valence-corrected chi connectivity index (χ4v) is 3.93. The molecule has 4 rings (SSSR count). The SMILES string of the molecule is Cc1cnn(CC2CCCCN2C(=O)Cc2ccc3c(c2)CCO3)c1. The topological polar surface area (TPSA) is 47.4 Å². The summed E-state index contributed by atoms with van der Waals surface area (Å²) in [5.74, 6) is 1.20. The summed E-state index contributed by atoms with van der Waals surface area (Å²) in [5, 5.41) is 4.39. The van der Waals surface area contributed by atoms with Crippen molar-refractivity contribution in [2.24, 2.45) is 0 Å². The van der Waals surface area contributed by atoms with Crippen LogP contribution in [-0.2, 0) is 24.2 Å². The van der Waals surface area contributed by atoms with Gasteiger partial charge < -0.3 is 9.64 Å². The fourth-order valence-electron chi connectivity index (χ4n) is 3.93. The lowest BCUT2D eigenvalue weighted by Crippen LogP contribution is -2.46. The normalized spacial score (nSPS) is 19.6. The van der Waals surface area contributed by atoms with Crippen LogP contribution in [0.3, 0.4) is 0 Å². The molecule has 0 aliphatic carbocycles. The first-order valence-corrected chi connectivity index (χ1v) is 9.22. The highest BCUT2D eigenvalue weighted by Gasteiger charge is 2.27. The van der Waals surface area contributed by atoms with E-state index >= 15 is 0 Å². The molecule has 2 aliphatic heterocycles. The summed E-state index contributed by atoms with van der Waals surface area (Å²) in [4.78, 5) is 15.0. The van der Waals surface area contributed by atoms with Crippen LogP contribution in [0.4, 0.5) is 0 Å². The molecule has 5 heteroatoms. The van der Waals surface area contributed by atoms with E-state index < -0.39 is 0 Å². The Kier molecular flexibility index (Phi) is 4.47. The van der Waals surface area contributed by atoms with Gasteiger partial charge in [-0.1, -0.05) is 12.1 Å². The Labute approximate surface area is 148 Å². The van der Waals surface area contributed by atoms with Gasteiger partial charge in [0.05, 0.1) is 31.8 Å². The number of amides is 1. The molecule has 1 atom stereocenters. The highest BCUT2D eigenvalue weighted by Crippen LogP contribution is 2.27. The predicted octanol–water partition coefficient (Wildman–Crippen LogP) is 2.75. The average Bonchev–Trinajstić information content (AvgIpc) is 3.23. The lowest BCUT2D eigenvalue weighted by atomic mass is 10.00. The number of ether oxygens (including phenoxy) is 1. The maximum Gasteiger partial charge on any atom is 0.227 e. The molecule has 1 aromatic heterocycles. The van der Waals surface area contributed by atoms with Crippen LogP contribution < -0.4 is 4.74 Å². The van der Waals surface area contributed by atoms with Crippen molar-refractivity contribution in [1.82, 2.24) is 14.7 Å². The number of nitrogens with zero attached hydrogens (tertiary/aromatic N) is 3. The number of carbonyl (C=O) groups is 1. The quantitative estimate of drug-likeness (QED) is 0.860. The molecule has 3 heterocycles. The Morgan fingerprint density at radius 3 is 3.12 bits per heavy atom. The fraction of sp³-hybridized carbons (Fsp3) is 0.500. The van der Waals surface area contributed by atoms with E-state index in [1.807, 2.05) is 29.9 Å². The maximum atomic E-state index is 12.9. The number of hydrogen-bond acceptors (Lipinski definition) is 3. The smallest absolute Gasteiger partial charge is 0.227 e. The Hall–Kier alpha value is -2.30. The largest absolute Gasteiger partial charge is 0.493 e. The third kappa shape index (κ3) is 3.55. The number of aryl methyl sites for hydroxylation is 1. The third-order valence-corrected chi connectivity index (χ3v) is 5.22. The van der Waals surface area contributed by atoms with Crippen LogP contribution >= 0.6 is 0 Å². The second-order valence-electron chi connectivity index (χ2n) is 7.19. The van der Waals surface area contributed by atoms with Crippen molar-refractivity contribution in [3.05, 3.63) is 47.3 Å². The zero-order chi connectivity index (χ0) is 17.2. The zero-order valence-electron chi connectivity index (χ0n) is 14.8. The minimum absolute atomic E-state index is 0.229. The van der Waals surface area contributed by atoms with Crippen molar-refractivity contribution in [2.45, 2.75) is 51.6 Å². The van der Waals surface area contributed by atoms with E-state index in [1.165, 1.54) is 12.0 Å². The van der Waals surface area contributed by atoms with E-state index in [-0.39, 0.29) is 11.9 Å². The lowest BCUT2D eigenvalue weighted by Gasteiger charge is -2.36. The van der Waals surface area contributed by atoms with Gasteiger partial charge in [0.25, 0.3) is 0 Å². The summed E-state index contributed by atoms with van der Waals surface area (Å²) in [6, 6.07) is 6.41. The van der Waals surface area contributed by atoms with Crippen LogP contribution in [-0.4, -0.2) is 39.8 Å². The first-order chi connectivity index (χ1) is 12.2. The molecule has 0 N–H and O–H groups in total. The van der Waals surface area contributed by atoms with E-state index in [4.69, 9.17) is 4.74 Å². The van der Waals surface area contributed by atoms with Gasteiger partial charge in [-0.25, -0.2) is 0 Å². The van der Waals surface area contributed by atoms with Crippen LogP contribution in [0.2, 0.25) is 0 Å². The Bertz CT molecular complexity index is 768. The molecular weight excluding hydrogens is 314 g/mol. The Balaban J connectivity index is 1.45. The molecule has 2 aromatic rings. The summed E-state index contributed by atoms with van der Waals surface area (Å²) < 4.78 is 7.53. The number of aromatic nitrogens is 2. The second kappa shape index (κ2) is 6.90. The molecule has 0 bridgehead atoms. The molecule has 1 saturated heterocycles. The highest BCUT2D eigenvalue weighted by atomic mass is 16.5. The molecule has 0 spiro atoms. The minimum Gasteiger partial charge on any atom is -0.493 e. The lowest BCUT2D eigenvalue weighted by molar-refractivity contribution is -0.134. The van der Waals surface area contributed by atoms with Crippen molar-refractivity contribution >= 4 is 5.91 Å². The van der Waals surface area contributed by atoms with Crippen molar-refractivity contribution in [3.63, 3.8) is 0 Å².